The summed E-state index contributed by atoms with van der Waals surface area (Å²) in [5, 5.41) is 0. The molecule has 0 saturated heterocycles. The molecule has 14 heavy (non-hydrogen) atoms. The highest BCUT2D eigenvalue weighted by Crippen LogP contribution is 2.24. The van der Waals surface area contributed by atoms with Crippen LogP contribution in [0.15, 0.2) is 12.1 Å². The van der Waals surface area contributed by atoms with Crippen LogP contribution >= 0.6 is 0 Å². The van der Waals surface area contributed by atoms with Crippen molar-refractivity contribution in [2.24, 2.45) is 0 Å². The highest BCUT2D eigenvalue weighted by atomic mass is 19.1. The summed E-state index contributed by atoms with van der Waals surface area (Å²) in [5.74, 6) is -0.575. The molecule has 0 aromatic heterocycles. The number of benzene rings is 1. The third kappa shape index (κ3) is 2.02. The maximum absolute atomic E-state index is 13.2. The van der Waals surface area contributed by atoms with Crippen molar-refractivity contribution < 1.29 is 13.9 Å². The van der Waals surface area contributed by atoms with Gasteiger partial charge in [0.2, 0.25) is 0 Å². The van der Waals surface area contributed by atoms with Crippen LogP contribution in [0.2, 0.25) is 0 Å². The second-order valence-corrected chi connectivity index (χ2v) is 2.86. The lowest BCUT2D eigenvalue weighted by molar-refractivity contribution is 0.101. The molecule has 0 spiro atoms. The molecule has 0 saturated carbocycles. The average molecular weight is 197 g/mol. The van der Waals surface area contributed by atoms with Crippen LogP contribution in [0.3, 0.4) is 0 Å². The lowest BCUT2D eigenvalue weighted by Crippen LogP contribution is -2.04. The van der Waals surface area contributed by atoms with E-state index in [2.05, 4.69) is 0 Å². The molecular formula is C10H12FNO2. The number of carbonyl (C=O) groups is 1. The number of hydrogen-bond acceptors (Lipinski definition) is 3. The van der Waals surface area contributed by atoms with Gasteiger partial charge in [-0.1, -0.05) is 0 Å². The molecule has 3 nitrogen and oxygen atoms in total. The summed E-state index contributed by atoms with van der Waals surface area (Å²) in [4.78, 5) is 11.1. The van der Waals surface area contributed by atoms with E-state index in [1.54, 1.807) is 6.92 Å². The minimum atomic E-state index is -0.624. The van der Waals surface area contributed by atoms with Crippen LogP contribution in [0.1, 0.15) is 24.2 Å². The van der Waals surface area contributed by atoms with Crippen molar-refractivity contribution in [3.05, 3.63) is 23.5 Å². The summed E-state index contributed by atoms with van der Waals surface area (Å²) in [6.45, 7) is 3.53. The van der Waals surface area contributed by atoms with E-state index in [1.165, 1.54) is 19.1 Å². The van der Waals surface area contributed by atoms with E-state index in [0.717, 1.165) is 0 Å². The monoisotopic (exact) mass is 197 g/mol. The first-order valence-electron chi connectivity index (χ1n) is 4.29. The molecule has 4 heteroatoms. The first-order valence-corrected chi connectivity index (χ1v) is 4.29. The first-order chi connectivity index (χ1) is 6.56. The molecule has 0 aliphatic heterocycles. The maximum Gasteiger partial charge on any atom is 0.162 e. The Morgan fingerprint density at radius 1 is 1.57 bits per heavy atom. The molecule has 0 radical (unpaired) electrons. The number of ketones is 1. The molecule has 0 bridgehead atoms. The Morgan fingerprint density at radius 2 is 2.21 bits per heavy atom. The fourth-order valence-electron chi connectivity index (χ4n) is 1.13. The van der Waals surface area contributed by atoms with E-state index in [-0.39, 0.29) is 17.0 Å². The van der Waals surface area contributed by atoms with Gasteiger partial charge in [-0.3, -0.25) is 4.79 Å². The lowest BCUT2D eigenvalue weighted by Gasteiger charge is -2.07. The van der Waals surface area contributed by atoms with E-state index in [0.29, 0.717) is 12.4 Å². The van der Waals surface area contributed by atoms with E-state index in [1.807, 2.05) is 0 Å². The molecule has 0 unspecified atom stereocenters. The average Bonchev–Trinajstić information content (AvgIpc) is 2.11. The quantitative estimate of drug-likeness (QED) is 0.595. The van der Waals surface area contributed by atoms with Gasteiger partial charge in [-0.15, -0.1) is 0 Å². The Kier molecular flexibility index (Phi) is 3.06. The number of ether oxygens (including phenoxy) is 1. The zero-order valence-electron chi connectivity index (χ0n) is 8.13. The van der Waals surface area contributed by atoms with Gasteiger partial charge in [-0.2, -0.15) is 0 Å². The van der Waals surface area contributed by atoms with Crippen molar-refractivity contribution in [2.75, 3.05) is 12.3 Å². The smallest absolute Gasteiger partial charge is 0.162 e. The fraction of sp³-hybridized carbons (Fsp3) is 0.300. The minimum Gasteiger partial charge on any atom is -0.494 e. The van der Waals surface area contributed by atoms with Crippen molar-refractivity contribution in [1.82, 2.24) is 0 Å². The minimum absolute atomic E-state index is 0.124. The Labute approximate surface area is 81.7 Å². The Hall–Kier alpha value is -1.58. The van der Waals surface area contributed by atoms with Crippen LogP contribution in [-0.2, 0) is 0 Å². The summed E-state index contributed by atoms with van der Waals surface area (Å²) < 4.78 is 18.3. The molecule has 2 N–H and O–H groups in total. The van der Waals surface area contributed by atoms with Crippen LogP contribution in [0.4, 0.5) is 10.1 Å². The van der Waals surface area contributed by atoms with Gasteiger partial charge >= 0.3 is 0 Å². The van der Waals surface area contributed by atoms with E-state index < -0.39 is 5.82 Å². The Morgan fingerprint density at radius 3 is 2.71 bits per heavy atom. The third-order valence-corrected chi connectivity index (χ3v) is 1.79. The lowest BCUT2D eigenvalue weighted by atomic mass is 10.1. The number of halogens is 1. The number of anilines is 1. The van der Waals surface area contributed by atoms with Gasteiger partial charge in [-0.05, 0) is 19.9 Å². The molecular weight excluding hydrogens is 185 g/mol. The van der Waals surface area contributed by atoms with E-state index >= 15 is 0 Å². The molecule has 1 rings (SSSR count). The van der Waals surface area contributed by atoms with Gasteiger partial charge in [0.05, 0.1) is 12.3 Å². The summed E-state index contributed by atoms with van der Waals surface area (Å²) >= 11 is 0. The summed E-state index contributed by atoms with van der Waals surface area (Å²) in [7, 11) is 0. The molecule has 1 aromatic rings. The highest BCUT2D eigenvalue weighted by Gasteiger charge is 2.11. The largest absolute Gasteiger partial charge is 0.494 e. The van der Waals surface area contributed by atoms with Crippen molar-refractivity contribution in [3.63, 3.8) is 0 Å². The Bertz CT molecular complexity index is 363. The zero-order chi connectivity index (χ0) is 10.7. The van der Waals surface area contributed by atoms with E-state index in [9.17, 15) is 9.18 Å². The van der Waals surface area contributed by atoms with Gasteiger partial charge < -0.3 is 10.5 Å². The summed E-state index contributed by atoms with van der Waals surface area (Å²) in [5.41, 5.74) is 5.43. The van der Waals surface area contributed by atoms with Gasteiger partial charge in [0, 0.05) is 11.6 Å². The number of carbonyl (C=O) groups excluding carboxylic acids is 1. The van der Waals surface area contributed by atoms with Gasteiger partial charge in [0.15, 0.2) is 11.6 Å². The molecule has 0 atom stereocenters. The van der Waals surface area contributed by atoms with Gasteiger partial charge in [0.1, 0.15) is 5.75 Å². The normalized spacial score (nSPS) is 9.93. The summed E-state index contributed by atoms with van der Waals surface area (Å²) in [6.07, 6.45) is 0. The molecule has 0 aliphatic carbocycles. The van der Waals surface area contributed by atoms with Crippen LogP contribution < -0.4 is 10.5 Å². The molecule has 0 fully saturated rings. The van der Waals surface area contributed by atoms with Crippen LogP contribution in [0, 0.1) is 5.82 Å². The second-order valence-electron chi connectivity index (χ2n) is 2.86. The molecule has 0 heterocycles. The molecule has 1 aromatic carbocycles. The van der Waals surface area contributed by atoms with Crippen LogP contribution in [-0.4, -0.2) is 12.4 Å². The van der Waals surface area contributed by atoms with Crippen molar-refractivity contribution in [2.45, 2.75) is 13.8 Å². The van der Waals surface area contributed by atoms with Gasteiger partial charge in [-0.25, -0.2) is 4.39 Å². The number of Topliss-reactive ketones (excluding diaryl/α,β-unsaturated/α-hetero) is 1. The molecule has 0 amide bonds. The van der Waals surface area contributed by atoms with Crippen molar-refractivity contribution >= 4 is 11.5 Å². The number of hydrogen-bond donors (Lipinski definition) is 1. The van der Waals surface area contributed by atoms with E-state index in [4.69, 9.17) is 10.5 Å². The van der Waals surface area contributed by atoms with Crippen LogP contribution in [0.5, 0.6) is 5.75 Å². The zero-order valence-corrected chi connectivity index (χ0v) is 8.13. The van der Waals surface area contributed by atoms with Crippen molar-refractivity contribution in [3.8, 4) is 5.75 Å². The maximum atomic E-state index is 13.2. The standard InChI is InChI=1S/C10H12FNO2/c1-3-14-7-4-8(6(2)13)10(12)9(11)5-7/h4-5H,3,12H2,1-2H3. The first kappa shape index (κ1) is 10.5. The van der Waals surface area contributed by atoms with Crippen molar-refractivity contribution in [1.29, 1.82) is 0 Å². The fourth-order valence-corrected chi connectivity index (χ4v) is 1.13. The highest BCUT2D eigenvalue weighted by molar-refractivity contribution is 5.99. The Balaban J connectivity index is 3.21. The summed E-state index contributed by atoms with van der Waals surface area (Å²) in [6, 6.07) is 2.62. The number of nitrogens with two attached hydrogens (primary N) is 1. The number of rotatable bonds is 3. The second kappa shape index (κ2) is 4.09. The predicted octanol–water partition coefficient (Wildman–Crippen LogP) is 2.01. The third-order valence-electron chi connectivity index (χ3n) is 1.79. The van der Waals surface area contributed by atoms with Crippen LogP contribution in [0.25, 0.3) is 0 Å². The SMILES string of the molecule is CCOc1cc(F)c(N)c(C(C)=O)c1. The van der Waals surface area contributed by atoms with Gasteiger partial charge in [0.25, 0.3) is 0 Å². The number of nitrogen functional groups attached to an aromatic ring is 1. The molecule has 76 valence electrons. The predicted molar refractivity (Wildman–Crippen MR) is 52.0 cm³/mol. The molecule has 0 aliphatic rings. The topological polar surface area (TPSA) is 52.3 Å².